The van der Waals surface area contributed by atoms with Gasteiger partial charge in [0.1, 0.15) is 19.0 Å². The Morgan fingerprint density at radius 2 is 1.21 bits per heavy atom. The minimum absolute atomic E-state index is 0.189. The topological polar surface area (TPSA) is 56.8 Å². The number of benzene rings is 4. The number of hydrogen-bond donors (Lipinski definition) is 1. The molecule has 172 valence electrons. The molecule has 4 aromatic rings. The molecule has 0 heterocycles. The first-order valence-corrected chi connectivity index (χ1v) is 11.2. The van der Waals surface area contributed by atoms with Crippen molar-refractivity contribution in [3.05, 3.63) is 138 Å². The molecule has 5 nitrogen and oxygen atoms in total. The van der Waals surface area contributed by atoms with Crippen LogP contribution in [0.25, 0.3) is 0 Å². The van der Waals surface area contributed by atoms with Gasteiger partial charge in [-0.05, 0) is 40.8 Å². The molecule has 1 unspecified atom stereocenters. The fourth-order valence-corrected chi connectivity index (χ4v) is 3.53. The molecule has 0 aliphatic carbocycles. The first kappa shape index (κ1) is 23.1. The van der Waals surface area contributed by atoms with Crippen molar-refractivity contribution in [1.29, 1.82) is 0 Å². The van der Waals surface area contributed by atoms with E-state index in [1.165, 1.54) is 0 Å². The summed E-state index contributed by atoms with van der Waals surface area (Å²) in [5.74, 6) is 0.797. The summed E-state index contributed by atoms with van der Waals surface area (Å²) in [6, 6.07) is 37.0. The van der Waals surface area contributed by atoms with Crippen LogP contribution in [0.5, 0.6) is 5.75 Å². The maximum atomic E-state index is 12.4. The first-order valence-electron chi connectivity index (χ1n) is 11.2. The van der Waals surface area contributed by atoms with Crippen molar-refractivity contribution in [3.8, 4) is 5.75 Å². The third-order valence-electron chi connectivity index (χ3n) is 5.31. The SMILES string of the molecule is O=C(NC(Cc1ccc(OCc2ccccc2)cc1)c1ccccc1)OOCc1ccccc1. The molecular weight excluding hydrogens is 426 g/mol. The quantitative estimate of drug-likeness (QED) is 0.223. The molecule has 0 spiro atoms. The number of carbonyl (C=O) groups excluding carboxylic acids is 1. The Balaban J connectivity index is 1.34. The van der Waals surface area contributed by atoms with Crippen LogP contribution in [0, 0.1) is 0 Å². The largest absolute Gasteiger partial charge is 0.489 e. The van der Waals surface area contributed by atoms with E-state index in [0.29, 0.717) is 13.0 Å². The molecule has 34 heavy (non-hydrogen) atoms. The fraction of sp³-hybridized carbons (Fsp3) is 0.138. The summed E-state index contributed by atoms with van der Waals surface area (Å²) in [5, 5.41) is 2.91. The summed E-state index contributed by atoms with van der Waals surface area (Å²) in [6.45, 7) is 0.706. The number of rotatable bonds is 10. The normalized spacial score (nSPS) is 11.4. The van der Waals surface area contributed by atoms with Gasteiger partial charge in [0, 0.05) is 0 Å². The van der Waals surface area contributed by atoms with E-state index in [2.05, 4.69) is 5.32 Å². The zero-order chi connectivity index (χ0) is 23.4. The molecule has 0 aliphatic heterocycles. The van der Waals surface area contributed by atoms with Crippen LogP contribution < -0.4 is 10.1 Å². The second kappa shape index (κ2) is 12.2. The second-order valence-corrected chi connectivity index (χ2v) is 7.85. The monoisotopic (exact) mass is 453 g/mol. The molecule has 0 aromatic heterocycles. The maximum absolute atomic E-state index is 12.4. The Bertz CT molecular complexity index is 1130. The van der Waals surface area contributed by atoms with Crippen LogP contribution in [-0.4, -0.2) is 6.09 Å². The van der Waals surface area contributed by atoms with Crippen molar-refractivity contribution in [1.82, 2.24) is 5.32 Å². The smallest absolute Gasteiger partial charge is 0.439 e. The van der Waals surface area contributed by atoms with Gasteiger partial charge in [-0.25, -0.2) is 4.79 Å². The molecule has 5 heteroatoms. The van der Waals surface area contributed by atoms with Gasteiger partial charge in [-0.2, -0.15) is 4.89 Å². The minimum Gasteiger partial charge on any atom is -0.489 e. The average Bonchev–Trinajstić information content (AvgIpc) is 2.90. The molecule has 4 aromatic carbocycles. The highest BCUT2D eigenvalue weighted by Crippen LogP contribution is 2.21. The number of carbonyl (C=O) groups is 1. The lowest BCUT2D eigenvalue weighted by molar-refractivity contribution is -0.249. The van der Waals surface area contributed by atoms with Crippen LogP contribution >= 0.6 is 0 Å². The molecule has 0 aliphatic rings. The zero-order valence-electron chi connectivity index (χ0n) is 18.8. The Morgan fingerprint density at radius 1 is 0.647 bits per heavy atom. The standard InChI is InChI=1S/C29H27NO4/c31-29(34-33-22-25-12-6-2-7-13-25)30-28(26-14-8-3-9-15-26)20-23-16-18-27(19-17-23)32-21-24-10-4-1-5-11-24/h1-19,28H,20-22H2,(H,30,31). The van der Waals surface area contributed by atoms with E-state index in [1.807, 2.05) is 115 Å². The third kappa shape index (κ3) is 7.22. The van der Waals surface area contributed by atoms with Crippen LogP contribution in [0.15, 0.2) is 115 Å². The fourth-order valence-electron chi connectivity index (χ4n) is 3.53. The van der Waals surface area contributed by atoms with Crippen molar-refractivity contribution >= 4 is 6.09 Å². The van der Waals surface area contributed by atoms with E-state index in [1.54, 1.807) is 0 Å². The molecule has 1 N–H and O–H groups in total. The van der Waals surface area contributed by atoms with Crippen LogP contribution in [0.2, 0.25) is 0 Å². The van der Waals surface area contributed by atoms with Crippen molar-refractivity contribution in [2.24, 2.45) is 0 Å². The summed E-state index contributed by atoms with van der Waals surface area (Å²) in [4.78, 5) is 22.5. The summed E-state index contributed by atoms with van der Waals surface area (Å²) in [6.07, 6.45) is -0.0378. The van der Waals surface area contributed by atoms with Gasteiger partial charge in [0.15, 0.2) is 0 Å². The first-order chi connectivity index (χ1) is 16.8. The van der Waals surface area contributed by atoms with E-state index < -0.39 is 6.09 Å². The molecule has 1 atom stereocenters. The Kier molecular flexibility index (Phi) is 8.30. The number of nitrogens with one attached hydrogen (secondary N) is 1. The number of hydrogen-bond acceptors (Lipinski definition) is 4. The third-order valence-corrected chi connectivity index (χ3v) is 5.31. The van der Waals surface area contributed by atoms with Gasteiger partial charge in [0.2, 0.25) is 0 Å². The lowest BCUT2D eigenvalue weighted by atomic mass is 9.99. The Hall–Kier alpha value is -4.09. The highest BCUT2D eigenvalue weighted by atomic mass is 17.2. The molecule has 0 radical (unpaired) electrons. The Morgan fingerprint density at radius 3 is 1.82 bits per heavy atom. The van der Waals surface area contributed by atoms with Crippen LogP contribution in [0.3, 0.4) is 0 Å². The predicted octanol–water partition coefficient (Wildman–Crippen LogP) is 6.41. The van der Waals surface area contributed by atoms with E-state index in [-0.39, 0.29) is 12.6 Å². The molecule has 0 bridgehead atoms. The molecular formula is C29H27NO4. The van der Waals surface area contributed by atoms with Crippen molar-refractivity contribution < 1.29 is 19.3 Å². The summed E-state index contributed by atoms with van der Waals surface area (Å²) < 4.78 is 5.88. The summed E-state index contributed by atoms with van der Waals surface area (Å²) in [7, 11) is 0. The molecule has 0 saturated heterocycles. The average molecular weight is 454 g/mol. The minimum atomic E-state index is -0.632. The van der Waals surface area contributed by atoms with Crippen LogP contribution in [0.1, 0.15) is 28.3 Å². The van der Waals surface area contributed by atoms with Gasteiger partial charge in [-0.1, -0.05) is 103 Å². The molecule has 0 saturated carbocycles. The number of amides is 1. The molecule has 4 rings (SSSR count). The number of ether oxygens (including phenoxy) is 1. The lowest BCUT2D eigenvalue weighted by Crippen LogP contribution is -2.30. The lowest BCUT2D eigenvalue weighted by Gasteiger charge is -2.19. The van der Waals surface area contributed by atoms with Gasteiger partial charge in [-0.15, -0.1) is 0 Å². The van der Waals surface area contributed by atoms with Crippen molar-refractivity contribution in [2.75, 3.05) is 0 Å². The van der Waals surface area contributed by atoms with Crippen molar-refractivity contribution in [2.45, 2.75) is 25.7 Å². The van der Waals surface area contributed by atoms with Gasteiger partial charge >= 0.3 is 6.09 Å². The molecule has 0 fully saturated rings. The maximum Gasteiger partial charge on any atom is 0.439 e. The van der Waals surface area contributed by atoms with E-state index in [4.69, 9.17) is 14.5 Å². The summed E-state index contributed by atoms with van der Waals surface area (Å²) in [5.41, 5.74) is 4.08. The van der Waals surface area contributed by atoms with E-state index in [0.717, 1.165) is 28.0 Å². The van der Waals surface area contributed by atoms with Crippen LogP contribution in [-0.2, 0) is 29.4 Å². The van der Waals surface area contributed by atoms with E-state index in [9.17, 15) is 4.79 Å². The van der Waals surface area contributed by atoms with Gasteiger partial charge in [0.25, 0.3) is 0 Å². The molecule has 1 amide bonds. The highest BCUT2D eigenvalue weighted by Gasteiger charge is 2.17. The van der Waals surface area contributed by atoms with Gasteiger partial charge in [0.05, 0.1) is 6.04 Å². The van der Waals surface area contributed by atoms with Gasteiger partial charge < -0.3 is 10.1 Å². The zero-order valence-corrected chi connectivity index (χ0v) is 18.8. The Labute approximate surface area is 199 Å². The second-order valence-electron chi connectivity index (χ2n) is 7.85. The van der Waals surface area contributed by atoms with Crippen LogP contribution in [0.4, 0.5) is 4.79 Å². The summed E-state index contributed by atoms with van der Waals surface area (Å²) >= 11 is 0. The van der Waals surface area contributed by atoms with Crippen molar-refractivity contribution in [3.63, 3.8) is 0 Å². The van der Waals surface area contributed by atoms with E-state index >= 15 is 0 Å². The van der Waals surface area contributed by atoms with Gasteiger partial charge in [-0.3, -0.25) is 4.89 Å². The predicted molar refractivity (Wildman–Crippen MR) is 131 cm³/mol. The highest BCUT2D eigenvalue weighted by molar-refractivity contribution is 5.67.